The number of rotatable bonds is 6. The SMILES string of the molecule is O=C(N=Nc1c(O)n(CCOc2ccccc2Cl)c2ccccc12)c1ccc(O)cc1. The molecule has 7 nitrogen and oxygen atoms in total. The van der Waals surface area contributed by atoms with Crippen molar-refractivity contribution in [1.82, 2.24) is 4.57 Å². The number of amides is 1. The number of benzene rings is 3. The van der Waals surface area contributed by atoms with E-state index in [1.165, 1.54) is 24.3 Å². The molecule has 0 saturated carbocycles. The summed E-state index contributed by atoms with van der Waals surface area (Å²) >= 11 is 6.11. The van der Waals surface area contributed by atoms with Gasteiger partial charge in [-0.05, 0) is 42.5 Å². The highest BCUT2D eigenvalue weighted by Crippen LogP contribution is 2.39. The Hall–Kier alpha value is -3.84. The topological polar surface area (TPSA) is 96.4 Å². The molecule has 2 N–H and O–H groups in total. The second kappa shape index (κ2) is 8.89. The van der Waals surface area contributed by atoms with Crippen LogP contribution in [0.25, 0.3) is 10.9 Å². The first-order valence-corrected chi connectivity index (χ1v) is 9.85. The molecule has 4 aromatic rings. The Labute approximate surface area is 182 Å². The van der Waals surface area contributed by atoms with Gasteiger partial charge >= 0.3 is 0 Å². The summed E-state index contributed by atoms with van der Waals surface area (Å²) in [6, 6.07) is 20.1. The zero-order chi connectivity index (χ0) is 21.8. The van der Waals surface area contributed by atoms with E-state index >= 15 is 0 Å². The number of fused-ring (bicyclic) bond motifs is 1. The Kier molecular flexibility index (Phi) is 5.86. The highest BCUT2D eigenvalue weighted by molar-refractivity contribution is 6.32. The number of carbonyl (C=O) groups excluding carboxylic acids is 1. The van der Waals surface area contributed by atoms with Gasteiger partial charge in [-0.3, -0.25) is 4.79 Å². The van der Waals surface area contributed by atoms with Crippen molar-refractivity contribution in [3.63, 3.8) is 0 Å². The number of aromatic nitrogens is 1. The van der Waals surface area contributed by atoms with E-state index in [0.717, 1.165) is 5.52 Å². The maximum Gasteiger partial charge on any atom is 0.295 e. The van der Waals surface area contributed by atoms with Crippen molar-refractivity contribution in [3.05, 3.63) is 83.4 Å². The largest absolute Gasteiger partial charge is 0.508 e. The van der Waals surface area contributed by atoms with E-state index in [0.29, 0.717) is 22.7 Å². The molecule has 0 aliphatic heterocycles. The Morgan fingerprint density at radius 2 is 1.68 bits per heavy atom. The number of hydrogen-bond acceptors (Lipinski definition) is 5. The van der Waals surface area contributed by atoms with Crippen LogP contribution in [0.1, 0.15) is 10.4 Å². The van der Waals surface area contributed by atoms with Crippen LogP contribution in [0, 0.1) is 0 Å². The number of phenolic OH excluding ortho intramolecular Hbond substituents is 1. The van der Waals surface area contributed by atoms with Gasteiger partial charge in [-0.2, -0.15) is 0 Å². The number of hydrogen-bond donors (Lipinski definition) is 2. The molecule has 1 amide bonds. The van der Waals surface area contributed by atoms with E-state index in [1.54, 1.807) is 22.8 Å². The van der Waals surface area contributed by atoms with Crippen molar-refractivity contribution >= 4 is 34.1 Å². The molecule has 0 radical (unpaired) electrons. The molecule has 1 aromatic heterocycles. The summed E-state index contributed by atoms with van der Waals surface area (Å²) in [6.07, 6.45) is 0. The number of carbonyl (C=O) groups is 1. The van der Waals surface area contributed by atoms with Crippen LogP contribution < -0.4 is 4.74 Å². The summed E-state index contributed by atoms with van der Waals surface area (Å²) < 4.78 is 7.37. The first kappa shape index (κ1) is 20.4. The fourth-order valence-electron chi connectivity index (χ4n) is 3.16. The molecule has 3 aromatic carbocycles. The maximum atomic E-state index is 12.3. The number of nitrogens with zero attached hydrogens (tertiary/aromatic N) is 3. The van der Waals surface area contributed by atoms with E-state index < -0.39 is 5.91 Å². The molecule has 0 unspecified atom stereocenters. The summed E-state index contributed by atoms with van der Waals surface area (Å²) in [7, 11) is 0. The highest BCUT2D eigenvalue weighted by Gasteiger charge is 2.17. The minimum Gasteiger partial charge on any atom is -0.508 e. The minimum absolute atomic E-state index is 0.0493. The Morgan fingerprint density at radius 3 is 2.45 bits per heavy atom. The molecule has 156 valence electrons. The van der Waals surface area contributed by atoms with Crippen molar-refractivity contribution in [2.24, 2.45) is 10.2 Å². The Morgan fingerprint density at radius 1 is 0.968 bits per heavy atom. The molecule has 0 aliphatic rings. The summed E-state index contributed by atoms with van der Waals surface area (Å²) in [5.41, 5.74) is 1.20. The molecule has 0 atom stereocenters. The Balaban J connectivity index is 1.58. The molecule has 0 aliphatic carbocycles. The van der Waals surface area contributed by atoms with E-state index in [1.807, 2.05) is 30.3 Å². The number of ether oxygens (including phenoxy) is 1. The monoisotopic (exact) mass is 435 g/mol. The van der Waals surface area contributed by atoms with Crippen LogP contribution in [0.4, 0.5) is 5.69 Å². The normalized spacial score (nSPS) is 11.3. The molecule has 0 saturated heterocycles. The predicted octanol–water partition coefficient (Wildman–Crippen LogP) is 5.71. The number of azo groups is 1. The first-order chi connectivity index (χ1) is 15.0. The smallest absolute Gasteiger partial charge is 0.295 e. The van der Waals surface area contributed by atoms with E-state index in [9.17, 15) is 15.0 Å². The minimum atomic E-state index is -0.585. The first-order valence-electron chi connectivity index (χ1n) is 9.47. The third kappa shape index (κ3) is 4.36. The highest BCUT2D eigenvalue weighted by atomic mass is 35.5. The van der Waals surface area contributed by atoms with Crippen LogP contribution in [-0.4, -0.2) is 27.3 Å². The number of para-hydroxylation sites is 2. The average molecular weight is 436 g/mol. The van der Waals surface area contributed by atoms with E-state index in [-0.39, 0.29) is 29.5 Å². The summed E-state index contributed by atoms with van der Waals surface area (Å²) in [4.78, 5) is 12.3. The van der Waals surface area contributed by atoms with Gasteiger partial charge in [0.05, 0.1) is 17.1 Å². The second-order valence-corrected chi connectivity index (χ2v) is 7.08. The van der Waals surface area contributed by atoms with Crippen molar-refractivity contribution < 1.29 is 19.7 Å². The van der Waals surface area contributed by atoms with Crippen LogP contribution >= 0.6 is 11.6 Å². The van der Waals surface area contributed by atoms with Gasteiger partial charge in [-0.15, -0.1) is 10.2 Å². The number of halogens is 1. The van der Waals surface area contributed by atoms with Gasteiger partial charge in [-0.1, -0.05) is 41.9 Å². The lowest BCUT2D eigenvalue weighted by Gasteiger charge is -2.10. The molecular formula is C23H18ClN3O4. The third-order valence-electron chi connectivity index (χ3n) is 4.68. The number of phenols is 1. The van der Waals surface area contributed by atoms with Crippen molar-refractivity contribution in [3.8, 4) is 17.4 Å². The third-order valence-corrected chi connectivity index (χ3v) is 4.99. The zero-order valence-corrected chi connectivity index (χ0v) is 17.0. The summed E-state index contributed by atoms with van der Waals surface area (Å²) in [5, 5.41) is 29.0. The summed E-state index contributed by atoms with van der Waals surface area (Å²) in [6.45, 7) is 0.595. The standard InChI is InChI=1S/C23H18ClN3O4/c24-18-6-2-4-8-20(18)31-14-13-27-19-7-3-1-5-17(19)21(23(27)30)25-26-22(29)15-9-11-16(28)12-10-15/h1-12,28,30H,13-14H2. The van der Waals surface area contributed by atoms with Crippen molar-refractivity contribution in [2.75, 3.05) is 6.61 Å². The molecule has 8 heteroatoms. The molecule has 0 fully saturated rings. The van der Waals surface area contributed by atoms with Crippen LogP contribution in [0.3, 0.4) is 0 Å². The molecule has 0 spiro atoms. The van der Waals surface area contributed by atoms with Gasteiger partial charge in [-0.25, -0.2) is 0 Å². The van der Waals surface area contributed by atoms with E-state index in [4.69, 9.17) is 16.3 Å². The predicted molar refractivity (Wildman–Crippen MR) is 118 cm³/mol. The molecule has 4 rings (SSSR count). The maximum absolute atomic E-state index is 12.3. The van der Waals surface area contributed by atoms with E-state index in [2.05, 4.69) is 10.2 Å². The van der Waals surface area contributed by atoms with Crippen LogP contribution in [0.15, 0.2) is 83.0 Å². The van der Waals surface area contributed by atoms with Gasteiger partial charge in [0.1, 0.15) is 18.1 Å². The molecule has 31 heavy (non-hydrogen) atoms. The van der Waals surface area contributed by atoms with Crippen LogP contribution in [0.5, 0.6) is 17.4 Å². The quantitative estimate of drug-likeness (QED) is 0.379. The van der Waals surface area contributed by atoms with Crippen molar-refractivity contribution in [2.45, 2.75) is 6.54 Å². The van der Waals surface area contributed by atoms with Gasteiger partial charge < -0.3 is 19.5 Å². The van der Waals surface area contributed by atoms with Gasteiger partial charge in [0.2, 0.25) is 5.88 Å². The lowest BCUT2D eigenvalue weighted by Crippen LogP contribution is -2.07. The van der Waals surface area contributed by atoms with Crippen LogP contribution in [-0.2, 0) is 6.54 Å². The lowest BCUT2D eigenvalue weighted by molar-refractivity contribution is 0.0995. The zero-order valence-electron chi connectivity index (χ0n) is 16.3. The summed E-state index contributed by atoms with van der Waals surface area (Å²) in [5.74, 6) is -0.0998. The molecule has 1 heterocycles. The second-order valence-electron chi connectivity index (χ2n) is 6.67. The van der Waals surface area contributed by atoms with Gasteiger partial charge in [0, 0.05) is 10.9 Å². The van der Waals surface area contributed by atoms with Gasteiger partial charge in [0.15, 0.2) is 5.69 Å². The average Bonchev–Trinajstić information content (AvgIpc) is 3.05. The lowest BCUT2D eigenvalue weighted by atomic mass is 10.2. The van der Waals surface area contributed by atoms with Crippen molar-refractivity contribution in [1.29, 1.82) is 0 Å². The Bertz CT molecular complexity index is 1270. The molecular weight excluding hydrogens is 418 g/mol. The van der Waals surface area contributed by atoms with Crippen LogP contribution in [0.2, 0.25) is 5.02 Å². The van der Waals surface area contributed by atoms with Gasteiger partial charge in [0.25, 0.3) is 5.91 Å². The fraction of sp³-hybridized carbons (Fsp3) is 0.0870. The molecule has 0 bridgehead atoms. The fourth-order valence-corrected chi connectivity index (χ4v) is 3.35. The number of aromatic hydroxyl groups is 2.